The van der Waals surface area contributed by atoms with Crippen molar-refractivity contribution in [3.63, 3.8) is 0 Å². The first-order chi connectivity index (χ1) is 11.0. The van der Waals surface area contributed by atoms with Gasteiger partial charge in [0.25, 0.3) is 5.91 Å². The maximum absolute atomic E-state index is 13.2. The molecule has 1 atom stereocenters. The standard InChI is InChI=1S/C16H18FN3O3/c1-10(18-15(21)16(22)7-2-3-8-16)14-19-13(20-23-14)11-5-4-6-12(17)9-11/h4-6,9-10,22H,2-3,7-8H2,1H3,(H,18,21). The number of amides is 1. The summed E-state index contributed by atoms with van der Waals surface area (Å²) in [7, 11) is 0. The lowest BCUT2D eigenvalue weighted by Crippen LogP contribution is -2.45. The number of carbonyl (C=O) groups excluding carboxylic acids is 1. The van der Waals surface area contributed by atoms with E-state index in [1.54, 1.807) is 19.1 Å². The fourth-order valence-electron chi connectivity index (χ4n) is 2.74. The Labute approximate surface area is 132 Å². The molecule has 6 nitrogen and oxygen atoms in total. The number of carbonyl (C=O) groups is 1. The normalized spacial score (nSPS) is 17.9. The molecule has 0 spiro atoms. The molecule has 1 amide bonds. The molecule has 1 aliphatic carbocycles. The zero-order valence-electron chi connectivity index (χ0n) is 12.8. The summed E-state index contributed by atoms with van der Waals surface area (Å²) in [5.74, 6) is -0.356. The summed E-state index contributed by atoms with van der Waals surface area (Å²) in [6.07, 6.45) is 2.60. The predicted octanol–water partition coefficient (Wildman–Crippen LogP) is 2.36. The Morgan fingerprint density at radius 1 is 1.43 bits per heavy atom. The highest BCUT2D eigenvalue weighted by molar-refractivity contribution is 5.85. The maximum Gasteiger partial charge on any atom is 0.252 e. The van der Waals surface area contributed by atoms with Crippen molar-refractivity contribution in [1.29, 1.82) is 0 Å². The number of hydrogen-bond donors (Lipinski definition) is 2. The Bertz CT molecular complexity index is 710. The molecule has 122 valence electrons. The molecular weight excluding hydrogens is 301 g/mol. The molecule has 7 heteroatoms. The lowest BCUT2D eigenvalue weighted by molar-refractivity contribution is -0.140. The van der Waals surface area contributed by atoms with E-state index in [1.807, 2.05) is 0 Å². The summed E-state index contributed by atoms with van der Waals surface area (Å²) in [5, 5.41) is 16.7. The number of nitrogens with zero attached hydrogens (tertiary/aromatic N) is 2. The molecular formula is C16H18FN3O3. The van der Waals surface area contributed by atoms with Gasteiger partial charge in [0.05, 0.1) is 0 Å². The number of benzene rings is 1. The van der Waals surface area contributed by atoms with Crippen LogP contribution < -0.4 is 5.32 Å². The van der Waals surface area contributed by atoms with Gasteiger partial charge in [0.1, 0.15) is 17.5 Å². The maximum atomic E-state index is 13.2. The fraction of sp³-hybridized carbons (Fsp3) is 0.438. The van der Waals surface area contributed by atoms with E-state index in [0.717, 1.165) is 12.8 Å². The average molecular weight is 319 g/mol. The molecule has 23 heavy (non-hydrogen) atoms. The summed E-state index contributed by atoms with van der Waals surface area (Å²) < 4.78 is 18.4. The van der Waals surface area contributed by atoms with E-state index in [4.69, 9.17) is 4.52 Å². The van der Waals surface area contributed by atoms with E-state index in [2.05, 4.69) is 15.5 Å². The van der Waals surface area contributed by atoms with E-state index in [1.165, 1.54) is 12.1 Å². The second-order valence-electron chi connectivity index (χ2n) is 5.90. The summed E-state index contributed by atoms with van der Waals surface area (Å²) in [6.45, 7) is 1.69. The number of rotatable bonds is 4. The molecule has 1 aromatic heterocycles. The topological polar surface area (TPSA) is 88.2 Å². The largest absolute Gasteiger partial charge is 0.380 e. The fourth-order valence-corrected chi connectivity index (χ4v) is 2.74. The third-order valence-electron chi connectivity index (χ3n) is 4.10. The van der Waals surface area contributed by atoms with Gasteiger partial charge in [-0.25, -0.2) is 4.39 Å². The van der Waals surface area contributed by atoms with Crippen LogP contribution in [0.1, 0.15) is 44.5 Å². The third kappa shape index (κ3) is 3.24. The molecule has 0 radical (unpaired) electrons. The smallest absolute Gasteiger partial charge is 0.252 e. The number of aliphatic hydroxyl groups is 1. The van der Waals surface area contributed by atoms with Crippen LogP contribution in [-0.4, -0.2) is 26.8 Å². The van der Waals surface area contributed by atoms with Gasteiger partial charge in [-0.1, -0.05) is 17.3 Å². The summed E-state index contributed by atoms with van der Waals surface area (Å²) in [6, 6.07) is 5.32. The van der Waals surface area contributed by atoms with Gasteiger partial charge >= 0.3 is 0 Å². The number of hydrogen-bond acceptors (Lipinski definition) is 5. The number of nitrogens with one attached hydrogen (secondary N) is 1. The number of halogens is 1. The third-order valence-corrected chi connectivity index (χ3v) is 4.10. The first-order valence-electron chi connectivity index (χ1n) is 7.61. The van der Waals surface area contributed by atoms with Crippen LogP contribution in [0, 0.1) is 5.82 Å². The highest BCUT2D eigenvalue weighted by Crippen LogP contribution is 2.30. The van der Waals surface area contributed by atoms with Crippen LogP contribution >= 0.6 is 0 Å². The SMILES string of the molecule is CC(NC(=O)C1(O)CCCC1)c1nc(-c2cccc(F)c2)no1. The van der Waals surface area contributed by atoms with Crippen LogP contribution in [-0.2, 0) is 4.79 Å². The van der Waals surface area contributed by atoms with Gasteiger partial charge in [-0.3, -0.25) is 4.79 Å². The summed E-state index contributed by atoms with van der Waals surface area (Å²) in [5.41, 5.74) is -0.812. The van der Waals surface area contributed by atoms with Crippen molar-refractivity contribution in [1.82, 2.24) is 15.5 Å². The van der Waals surface area contributed by atoms with Gasteiger partial charge in [0.15, 0.2) is 0 Å². The lowest BCUT2D eigenvalue weighted by Gasteiger charge is -2.22. The van der Waals surface area contributed by atoms with Crippen molar-refractivity contribution in [2.45, 2.75) is 44.2 Å². The van der Waals surface area contributed by atoms with Crippen LogP contribution in [0.3, 0.4) is 0 Å². The van der Waals surface area contributed by atoms with Crippen molar-refractivity contribution >= 4 is 5.91 Å². The van der Waals surface area contributed by atoms with Crippen molar-refractivity contribution in [3.05, 3.63) is 36.0 Å². The predicted molar refractivity (Wildman–Crippen MR) is 79.7 cm³/mol. The summed E-state index contributed by atoms with van der Waals surface area (Å²) in [4.78, 5) is 16.4. The van der Waals surface area contributed by atoms with Gasteiger partial charge in [-0.2, -0.15) is 4.98 Å². The van der Waals surface area contributed by atoms with E-state index in [0.29, 0.717) is 18.4 Å². The van der Waals surface area contributed by atoms with Crippen LogP contribution in [0.4, 0.5) is 4.39 Å². The first-order valence-corrected chi connectivity index (χ1v) is 7.61. The highest BCUT2D eigenvalue weighted by atomic mass is 19.1. The second kappa shape index (κ2) is 6.08. The molecule has 1 unspecified atom stereocenters. The quantitative estimate of drug-likeness (QED) is 0.903. The van der Waals surface area contributed by atoms with E-state index < -0.39 is 23.4 Å². The van der Waals surface area contributed by atoms with E-state index in [9.17, 15) is 14.3 Å². The van der Waals surface area contributed by atoms with Crippen LogP contribution in [0.5, 0.6) is 0 Å². The molecule has 2 aromatic rings. The van der Waals surface area contributed by atoms with Crippen molar-refractivity contribution in [2.24, 2.45) is 0 Å². The molecule has 1 heterocycles. The summed E-state index contributed by atoms with van der Waals surface area (Å²) >= 11 is 0. The molecule has 1 aliphatic rings. The molecule has 3 rings (SSSR count). The Morgan fingerprint density at radius 2 is 2.17 bits per heavy atom. The minimum Gasteiger partial charge on any atom is -0.380 e. The molecule has 2 N–H and O–H groups in total. The minimum absolute atomic E-state index is 0.208. The van der Waals surface area contributed by atoms with Gasteiger partial charge in [-0.15, -0.1) is 0 Å². The van der Waals surface area contributed by atoms with Gasteiger partial charge < -0.3 is 14.9 Å². The molecule has 0 aliphatic heterocycles. The molecule has 1 fully saturated rings. The van der Waals surface area contributed by atoms with Gasteiger partial charge in [0.2, 0.25) is 11.7 Å². The van der Waals surface area contributed by atoms with Crippen molar-refractivity contribution in [2.75, 3.05) is 0 Å². The average Bonchev–Trinajstić information content (AvgIpc) is 3.17. The highest BCUT2D eigenvalue weighted by Gasteiger charge is 2.39. The lowest BCUT2D eigenvalue weighted by atomic mass is 10.0. The Hall–Kier alpha value is -2.28. The Kier molecular flexibility index (Phi) is 4.12. The second-order valence-corrected chi connectivity index (χ2v) is 5.90. The number of aromatic nitrogens is 2. The van der Waals surface area contributed by atoms with Crippen LogP contribution in [0.2, 0.25) is 0 Å². The van der Waals surface area contributed by atoms with Crippen LogP contribution in [0.25, 0.3) is 11.4 Å². The molecule has 1 aromatic carbocycles. The van der Waals surface area contributed by atoms with E-state index in [-0.39, 0.29) is 11.7 Å². The molecule has 0 bridgehead atoms. The van der Waals surface area contributed by atoms with E-state index >= 15 is 0 Å². The molecule has 0 saturated heterocycles. The van der Waals surface area contributed by atoms with Crippen molar-refractivity contribution in [3.8, 4) is 11.4 Å². The van der Waals surface area contributed by atoms with Crippen LogP contribution in [0.15, 0.2) is 28.8 Å². The van der Waals surface area contributed by atoms with Gasteiger partial charge in [-0.05, 0) is 44.7 Å². The van der Waals surface area contributed by atoms with Crippen molar-refractivity contribution < 1.29 is 18.8 Å². The first kappa shape index (κ1) is 15.6. The van der Waals surface area contributed by atoms with Gasteiger partial charge in [0, 0.05) is 5.56 Å². The monoisotopic (exact) mass is 319 g/mol. The zero-order chi connectivity index (χ0) is 16.4. The zero-order valence-corrected chi connectivity index (χ0v) is 12.8. The minimum atomic E-state index is -1.31. The molecule has 1 saturated carbocycles. The Morgan fingerprint density at radius 3 is 2.87 bits per heavy atom. The Balaban J connectivity index is 1.71.